The number of aryl methyl sites for hydroxylation is 1. The molecule has 0 aliphatic heterocycles. The maximum atomic E-state index is 12.2. The van der Waals surface area contributed by atoms with E-state index in [-0.39, 0.29) is 5.91 Å². The van der Waals surface area contributed by atoms with E-state index in [4.69, 9.17) is 17.3 Å². The molecule has 0 bridgehead atoms. The molecule has 3 rings (SSSR count). The van der Waals surface area contributed by atoms with Crippen LogP contribution in [-0.2, 0) is 6.42 Å². The van der Waals surface area contributed by atoms with Crippen LogP contribution in [0.5, 0.6) is 0 Å². The van der Waals surface area contributed by atoms with Gasteiger partial charge in [-0.15, -0.1) is 11.3 Å². The first-order valence-electron chi connectivity index (χ1n) is 7.39. The van der Waals surface area contributed by atoms with E-state index in [1.54, 1.807) is 0 Å². The lowest BCUT2D eigenvalue weighted by Crippen LogP contribution is -2.28. The fourth-order valence-corrected chi connectivity index (χ4v) is 3.65. The second-order valence-corrected chi connectivity index (χ2v) is 6.53. The minimum absolute atomic E-state index is 0.101. The number of amides is 1. The Labute approximate surface area is 143 Å². The van der Waals surface area contributed by atoms with Gasteiger partial charge in [0.15, 0.2) is 0 Å². The molecular formula is C16H17ClN4OS. The summed E-state index contributed by atoms with van der Waals surface area (Å²) in [6.45, 7) is 2.94. The lowest BCUT2D eigenvalue weighted by atomic mass is 10.2. The van der Waals surface area contributed by atoms with Crippen LogP contribution >= 0.6 is 22.9 Å². The summed E-state index contributed by atoms with van der Waals surface area (Å²) in [4.78, 5) is 13.8. The van der Waals surface area contributed by atoms with E-state index in [1.807, 2.05) is 35.0 Å². The molecule has 1 aromatic carbocycles. The number of benzene rings is 1. The van der Waals surface area contributed by atoms with Gasteiger partial charge in [0.2, 0.25) is 0 Å². The van der Waals surface area contributed by atoms with Gasteiger partial charge in [-0.3, -0.25) is 4.79 Å². The van der Waals surface area contributed by atoms with Gasteiger partial charge >= 0.3 is 0 Å². The number of aromatic nitrogens is 2. The quantitative estimate of drug-likeness (QED) is 0.744. The Morgan fingerprint density at radius 2 is 2.26 bits per heavy atom. The zero-order valence-corrected chi connectivity index (χ0v) is 14.2. The number of thiophene rings is 1. The standard InChI is InChI=1S/C16H17ClN4OS/c1-2-13-12-9-14(15(22)19-7-6-18)23-16(12)21(20-13)11-5-3-4-10(17)8-11/h3-5,8-9H,2,6-7,18H2,1H3,(H,19,22). The van der Waals surface area contributed by atoms with Crippen LogP contribution < -0.4 is 11.1 Å². The molecule has 3 N–H and O–H groups in total. The van der Waals surface area contributed by atoms with Crippen LogP contribution in [0, 0.1) is 0 Å². The molecule has 0 fully saturated rings. The van der Waals surface area contributed by atoms with E-state index in [0.717, 1.165) is 28.0 Å². The van der Waals surface area contributed by atoms with Gasteiger partial charge in [0.25, 0.3) is 5.91 Å². The van der Waals surface area contributed by atoms with Crippen molar-refractivity contribution >= 4 is 39.1 Å². The highest BCUT2D eigenvalue weighted by molar-refractivity contribution is 7.20. The van der Waals surface area contributed by atoms with Gasteiger partial charge in [0.1, 0.15) is 4.83 Å². The molecule has 0 unspecified atom stereocenters. The lowest BCUT2D eigenvalue weighted by Gasteiger charge is -2.03. The molecule has 7 heteroatoms. The summed E-state index contributed by atoms with van der Waals surface area (Å²) in [6, 6.07) is 9.43. The number of nitrogens with two attached hydrogens (primary N) is 1. The smallest absolute Gasteiger partial charge is 0.261 e. The lowest BCUT2D eigenvalue weighted by molar-refractivity contribution is 0.0959. The molecule has 0 saturated carbocycles. The first kappa shape index (κ1) is 16.0. The van der Waals surface area contributed by atoms with Crippen LogP contribution in [0.1, 0.15) is 22.3 Å². The fourth-order valence-electron chi connectivity index (χ4n) is 2.39. The van der Waals surface area contributed by atoms with Crippen molar-refractivity contribution in [1.82, 2.24) is 15.1 Å². The average Bonchev–Trinajstić information content (AvgIpc) is 3.11. The van der Waals surface area contributed by atoms with Crippen molar-refractivity contribution in [2.75, 3.05) is 13.1 Å². The number of carbonyl (C=O) groups excluding carboxylic acids is 1. The maximum Gasteiger partial charge on any atom is 0.261 e. The number of rotatable bonds is 5. The molecule has 5 nitrogen and oxygen atoms in total. The van der Waals surface area contributed by atoms with Gasteiger partial charge in [0.05, 0.1) is 16.3 Å². The molecule has 0 aliphatic carbocycles. The van der Waals surface area contributed by atoms with E-state index < -0.39 is 0 Å². The summed E-state index contributed by atoms with van der Waals surface area (Å²) >= 11 is 7.51. The molecular weight excluding hydrogens is 332 g/mol. The Morgan fingerprint density at radius 1 is 1.43 bits per heavy atom. The minimum Gasteiger partial charge on any atom is -0.350 e. The highest BCUT2D eigenvalue weighted by Gasteiger charge is 2.18. The second-order valence-electron chi connectivity index (χ2n) is 5.07. The summed E-state index contributed by atoms with van der Waals surface area (Å²) in [6.07, 6.45) is 0.796. The first-order valence-corrected chi connectivity index (χ1v) is 8.59. The largest absolute Gasteiger partial charge is 0.350 e. The monoisotopic (exact) mass is 348 g/mol. The molecule has 0 spiro atoms. The molecule has 0 aliphatic rings. The van der Waals surface area contributed by atoms with Crippen LogP contribution in [0.3, 0.4) is 0 Å². The molecule has 2 heterocycles. The molecule has 3 aromatic rings. The molecule has 120 valence electrons. The SMILES string of the molecule is CCc1nn(-c2cccc(Cl)c2)c2sc(C(=O)NCCN)cc12. The van der Waals surface area contributed by atoms with E-state index in [1.165, 1.54) is 11.3 Å². The number of halogens is 1. The van der Waals surface area contributed by atoms with Crippen LogP contribution in [0.2, 0.25) is 5.02 Å². The van der Waals surface area contributed by atoms with E-state index in [0.29, 0.717) is 23.0 Å². The van der Waals surface area contributed by atoms with Gasteiger partial charge < -0.3 is 11.1 Å². The zero-order chi connectivity index (χ0) is 16.4. The minimum atomic E-state index is -0.101. The Hall–Kier alpha value is -1.89. The Bertz CT molecular complexity index is 855. The first-order chi connectivity index (χ1) is 11.1. The summed E-state index contributed by atoms with van der Waals surface area (Å²) in [5.41, 5.74) is 7.29. The van der Waals surface area contributed by atoms with Gasteiger partial charge in [-0.1, -0.05) is 24.6 Å². The average molecular weight is 349 g/mol. The number of nitrogens with one attached hydrogen (secondary N) is 1. The summed E-state index contributed by atoms with van der Waals surface area (Å²) < 4.78 is 1.85. The number of nitrogens with zero attached hydrogens (tertiary/aromatic N) is 2. The molecule has 23 heavy (non-hydrogen) atoms. The maximum absolute atomic E-state index is 12.2. The molecule has 0 atom stereocenters. The Kier molecular flexibility index (Phi) is 4.66. The van der Waals surface area contributed by atoms with Crippen molar-refractivity contribution in [3.63, 3.8) is 0 Å². The summed E-state index contributed by atoms with van der Waals surface area (Å²) in [5, 5.41) is 9.12. The fraction of sp³-hybridized carbons (Fsp3) is 0.250. The summed E-state index contributed by atoms with van der Waals surface area (Å²) in [5.74, 6) is -0.101. The highest BCUT2D eigenvalue weighted by Crippen LogP contribution is 2.31. The topological polar surface area (TPSA) is 72.9 Å². The number of fused-ring (bicyclic) bond motifs is 1. The van der Waals surface area contributed by atoms with Gasteiger partial charge in [-0.05, 0) is 30.7 Å². The molecule has 0 saturated heterocycles. The Morgan fingerprint density at radius 3 is 2.96 bits per heavy atom. The molecule has 0 radical (unpaired) electrons. The van der Waals surface area contributed by atoms with Crippen molar-refractivity contribution in [1.29, 1.82) is 0 Å². The molecule has 1 amide bonds. The number of hydrogen-bond donors (Lipinski definition) is 2. The number of carbonyl (C=O) groups is 1. The van der Waals surface area contributed by atoms with Crippen molar-refractivity contribution in [2.45, 2.75) is 13.3 Å². The van der Waals surface area contributed by atoms with Crippen molar-refractivity contribution in [3.8, 4) is 5.69 Å². The van der Waals surface area contributed by atoms with E-state index in [9.17, 15) is 4.79 Å². The van der Waals surface area contributed by atoms with Crippen molar-refractivity contribution in [2.24, 2.45) is 5.73 Å². The van der Waals surface area contributed by atoms with Crippen molar-refractivity contribution < 1.29 is 4.79 Å². The van der Waals surface area contributed by atoms with Gasteiger partial charge in [-0.2, -0.15) is 5.10 Å². The predicted octanol–water partition coefficient (Wildman–Crippen LogP) is 2.99. The van der Waals surface area contributed by atoms with E-state index >= 15 is 0 Å². The van der Waals surface area contributed by atoms with Gasteiger partial charge in [-0.25, -0.2) is 4.68 Å². The second kappa shape index (κ2) is 6.70. The number of hydrogen-bond acceptors (Lipinski definition) is 4. The third kappa shape index (κ3) is 3.10. The third-order valence-electron chi connectivity index (χ3n) is 3.48. The van der Waals surface area contributed by atoms with Crippen LogP contribution in [0.4, 0.5) is 0 Å². The van der Waals surface area contributed by atoms with Gasteiger partial charge in [0, 0.05) is 23.5 Å². The normalized spacial score (nSPS) is 11.1. The van der Waals surface area contributed by atoms with Crippen LogP contribution in [0.15, 0.2) is 30.3 Å². The predicted molar refractivity (Wildman–Crippen MR) is 94.7 cm³/mol. The molecule has 2 aromatic heterocycles. The zero-order valence-electron chi connectivity index (χ0n) is 12.7. The van der Waals surface area contributed by atoms with Crippen molar-refractivity contribution in [3.05, 3.63) is 45.9 Å². The van der Waals surface area contributed by atoms with E-state index in [2.05, 4.69) is 17.3 Å². The third-order valence-corrected chi connectivity index (χ3v) is 4.82. The van der Waals surface area contributed by atoms with Crippen LogP contribution in [-0.4, -0.2) is 28.8 Å². The summed E-state index contributed by atoms with van der Waals surface area (Å²) in [7, 11) is 0. The highest BCUT2D eigenvalue weighted by atomic mass is 35.5. The van der Waals surface area contributed by atoms with Crippen LogP contribution in [0.25, 0.3) is 15.9 Å². The Balaban J connectivity index is 2.09.